The van der Waals surface area contributed by atoms with Crippen LogP contribution >= 0.6 is 24.0 Å². The van der Waals surface area contributed by atoms with E-state index in [0.29, 0.717) is 17.0 Å². The molecule has 0 radical (unpaired) electrons. The van der Waals surface area contributed by atoms with E-state index >= 15 is 0 Å². The molecule has 2 atom stereocenters. The number of nitrogens with two attached hydrogens (primary N) is 1. The summed E-state index contributed by atoms with van der Waals surface area (Å²) in [7, 11) is -4.07. The Labute approximate surface area is 197 Å². The smallest absolute Gasteiger partial charge is 0.254 e. The van der Waals surface area contributed by atoms with Crippen LogP contribution in [0.3, 0.4) is 0 Å². The third-order valence-electron chi connectivity index (χ3n) is 5.15. The second-order valence-electron chi connectivity index (χ2n) is 7.52. The van der Waals surface area contributed by atoms with Gasteiger partial charge < -0.3 is 16.0 Å². The molecule has 2 aromatic carbocycles. The van der Waals surface area contributed by atoms with Crippen molar-refractivity contribution in [1.82, 2.24) is 5.32 Å². The Hall–Kier alpha value is -2.20. The summed E-state index contributed by atoms with van der Waals surface area (Å²) in [5, 5.41) is 3.15. The predicted molar refractivity (Wildman–Crippen MR) is 124 cm³/mol. The molecule has 32 heavy (non-hydrogen) atoms. The topological polar surface area (TPSA) is 110 Å². The van der Waals surface area contributed by atoms with Gasteiger partial charge in [-0.25, -0.2) is 12.8 Å². The fourth-order valence-electron chi connectivity index (χ4n) is 3.23. The molecule has 1 unspecified atom stereocenters. The number of carbonyl (C=O) groups is 2. The maximum absolute atomic E-state index is 14.8. The maximum atomic E-state index is 14.8. The Balaban J connectivity index is 0.00000363. The maximum Gasteiger partial charge on any atom is 0.254 e. The summed E-state index contributed by atoms with van der Waals surface area (Å²) in [5.74, 6) is -2.98. The summed E-state index contributed by atoms with van der Waals surface area (Å²) in [6.07, 6.45) is 0.628. The van der Waals surface area contributed by atoms with Crippen LogP contribution in [0.4, 0.5) is 10.1 Å². The number of nitrogens with zero attached hydrogens (tertiary/aromatic N) is 1. The molecule has 0 saturated carbocycles. The molecule has 0 aliphatic carbocycles. The third-order valence-corrected chi connectivity index (χ3v) is 7.19. The summed E-state index contributed by atoms with van der Waals surface area (Å²) in [4.78, 5) is 26.3. The lowest BCUT2D eigenvalue weighted by Crippen LogP contribution is -2.45. The van der Waals surface area contributed by atoms with Gasteiger partial charge in [-0.2, -0.15) is 0 Å². The van der Waals surface area contributed by atoms with Gasteiger partial charge in [-0.3, -0.25) is 9.59 Å². The fraction of sp³-hybridized carbons (Fsp3) is 0.333. The molecule has 0 spiro atoms. The van der Waals surface area contributed by atoms with E-state index in [2.05, 4.69) is 5.32 Å². The van der Waals surface area contributed by atoms with Gasteiger partial charge in [0.2, 0.25) is 5.91 Å². The van der Waals surface area contributed by atoms with E-state index in [1.807, 2.05) is 6.92 Å². The van der Waals surface area contributed by atoms with Crippen molar-refractivity contribution in [3.05, 3.63) is 58.4 Å². The van der Waals surface area contributed by atoms with E-state index in [9.17, 15) is 22.4 Å². The van der Waals surface area contributed by atoms with Crippen molar-refractivity contribution in [2.24, 2.45) is 5.73 Å². The number of benzene rings is 2. The zero-order valence-electron chi connectivity index (χ0n) is 17.5. The Morgan fingerprint density at radius 3 is 2.53 bits per heavy atom. The van der Waals surface area contributed by atoms with Gasteiger partial charge in [-0.1, -0.05) is 30.7 Å². The molecule has 2 amide bonds. The molecule has 3 N–H and O–H groups in total. The van der Waals surface area contributed by atoms with Crippen molar-refractivity contribution in [3.63, 3.8) is 0 Å². The molecule has 174 valence electrons. The third kappa shape index (κ3) is 5.40. The summed E-state index contributed by atoms with van der Waals surface area (Å²) in [5.41, 5.74) is 6.09. The molecule has 7 nitrogen and oxygen atoms in total. The minimum absolute atomic E-state index is 0. The van der Waals surface area contributed by atoms with E-state index in [1.165, 1.54) is 4.90 Å². The monoisotopic (exact) mass is 503 g/mol. The summed E-state index contributed by atoms with van der Waals surface area (Å²) >= 11 is 5.91. The molecule has 0 aromatic heterocycles. The van der Waals surface area contributed by atoms with Crippen LogP contribution in [0, 0.1) is 5.82 Å². The first-order valence-electron chi connectivity index (χ1n) is 9.72. The number of amides is 2. The van der Waals surface area contributed by atoms with Crippen LogP contribution < -0.4 is 16.0 Å². The van der Waals surface area contributed by atoms with E-state index in [-0.39, 0.29) is 41.1 Å². The number of anilines is 1. The fourth-order valence-corrected chi connectivity index (χ4v) is 4.92. The number of carbonyl (C=O) groups excluding carboxylic acids is 2. The van der Waals surface area contributed by atoms with Crippen LogP contribution in [-0.2, 0) is 21.2 Å². The van der Waals surface area contributed by atoms with Gasteiger partial charge in [0.1, 0.15) is 5.82 Å². The highest BCUT2D eigenvalue weighted by Crippen LogP contribution is 2.34. The Bertz CT molecular complexity index is 1130. The molecule has 11 heteroatoms. The lowest BCUT2D eigenvalue weighted by molar-refractivity contribution is -0.119. The lowest BCUT2D eigenvalue weighted by atomic mass is 10.1. The van der Waals surface area contributed by atoms with Crippen molar-refractivity contribution >= 4 is 51.3 Å². The quantitative estimate of drug-likeness (QED) is 0.651. The van der Waals surface area contributed by atoms with Crippen molar-refractivity contribution in [2.45, 2.75) is 43.8 Å². The number of rotatable bonds is 5. The second kappa shape index (κ2) is 10.2. The van der Waals surface area contributed by atoms with Gasteiger partial charge >= 0.3 is 0 Å². The summed E-state index contributed by atoms with van der Waals surface area (Å²) in [6.45, 7) is 3.60. The highest BCUT2D eigenvalue weighted by Gasteiger charge is 2.37. The predicted octanol–water partition coefficient (Wildman–Crippen LogP) is 3.08. The van der Waals surface area contributed by atoms with Crippen molar-refractivity contribution in [3.8, 4) is 0 Å². The van der Waals surface area contributed by atoms with E-state index < -0.39 is 39.3 Å². The highest BCUT2D eigenvalue weighted by molar-refractivity contribution is 7.91. The Kier molecular flexibility index (Phi) is 8.27. The molecular formula is C21H24Cl2FN3O4S. The van der Waals surface area contributed by atoms with Crippen molar-refractivity contribution in [2.75, 3.05) is 10.7 Å². The van der Waals surface area contributed by atoms with Gasteiger partial charge in [-0.05, 0) is 43.2 Å². The summed E-state index contributed by atoms with van der Waals surface area (Å²) in [6, 6.07) is 6.97. The van der Waals surface area contributed by atoms with Crippen LogP contribution in [0.25, 0.3) is 0 Å². The van der Waals surface area contributed by atoms with Crippen LogP contribution in [0.2, 0.25) is 5.02 Å². The second-order valence-corrected chi connectivity index (χ2v) is 9.96. The number of hydrogen-bond donors (Lipinski definition) is 2. The molecule has 1 aliphatic rings. The van der Waals surface area contributed by atoms with Crippen molar-refractivity contribution < 1.29 is 22.4 Å². The van der Waals surface area contributed by atoms with Gasteiger partial charge in [0, 0.05) is 11.1 Å². The van der Waals surface area contributed by atoms with Crippen LogP contribution in [0.1, 0.15) is 36.2 Å². The Morgan fingerprint density at radius 2 is 1.94 bits per heavy atom. The van der Waals surface area contributed by atoms with Crippen LogP contribution in [0.5, 0.6) is 0 Å². The van der Waals surface area contributed by atoms with Crippen molar-refractivity contribution in [1.29, 1.82) is 0 Å². The first-order valence-corrected chi connectivity index (χ1v) is 11.7. The average molecular weight is 504 g/mol. The van der Waals surface area contributed by atoms with Gasteiger partial charge in [0.05, 0.1) is 34.5 Å². The summed E-state index contributed by atoms with van der Waals surface area (Å²) < 4.78 is 40.4. The highest BCUT2D eigenvalue weighted by atomic mass is 35.5. The van der Waals surface area contributed by atoms with Gasteiger partial charge in [0.15, 0.2) is 9.84 Å². The number of hydrogen-bond acceptors (Lipinski definition) is 5. The molecule has 1 aliphatic heterocycles. The van der Waals surface area contributed by atoms with E-state index in [1.54, 1.807) is 31.2 Å². The van der Waals surface area contributed by atoms with Crippen LogP contribution in [-0.4, -0.2) is 38.1 Å². The zero-order chi connectivity index (χ0) is 22.9. The van der Waals surface area contributed by atoms with E-state index in [0.717, 1.165) is 12.1 Å². The van der Waals surface area contributed by atoms with Gasteiger partial charge in [-0.15, -0.1) is 12.4 Å². The molecule has 2 aromatic rings. The first kappa shape index (κ1) is 26.1. The normalized spacial score (nSPS) is 18.2. The van der Waals surface area contributed by atoms with Crippen LogP contribution in [0.15, 0.2) is 41.3 Å². The molecule has 3 rings (SSSR count). The first-order chi connectivity index (χ1) is 14.5. The average Bonchev–Trinajstić information content (AvgIpc) is 2.77. The van der Waals surface area contributed by atoms with Gasteiger partial charge in [0.25, 0.3) is 5.91 Å². The minimum Gasteiger partial charge on any atom is -0.350 e. The molecule has 0 bridgehead atoms. The molecule has 1 heterocycles. The number of nitrogens with one attached hydrogen (secondary N) is 1. The Morgan fingerprint density at radius 1 is 1.31 bits per heavy atom. The zero-order valence-corrected chi connectivity index (χ0v) is 19.9. The standard InChI is InChI=1S/C21H23ClFN3O4S.ClH/c1-3-12(2)25-20(27)15-8-18-19(9-16(15)23)31(29,30)11-17(24)21(28)26(18)10-13-4-6-14(22)7-5-13;/h4-9,12,17H,3,10-11,24H2,1-2H3,(H,25,27);1H/t12?,17-;/m0./s1. The lowest BCUT2D eigenvalue weighted by Gasteiger charge is -2.25. The number of halogens is 3. The largest absolute Gasteiger partial charge is 0.350 e. The SMILES string of the molecule is CCC(C)NC(=O)c1cc2c(cc1F)S(=O)(=O)C[C@H](N)C(=O)N2Cc1ccc(Cl)cc1.Cl. The number of sulfone groups is 1. The number of fused-ring (bicyclic) bond motifs is 1. The van der Waals surface area contributed by atoms with E-state index in [4.69, 9.17) is 17.3 Å². The minimum atomic E-state index is -4.07. The molecule has 0 saturated heterocycles. The molecular weight excluding hydrogens is 480 g/mol. The molecule has 0 fully saturated rings.